The molecule has 3 aliphatic rings. The maximum absolute atomic E-state index is 2.54. The van der Waals surface area contributed by atoms with Gasteiger partial charge in [-0.25, -0.2) is 0 Å². The van der Waals surface area contributed by atoms with E-state index in [4.69, 9.17) is 0 Å². The first-order valence-corrected chi connectivity index (χ1v) is 6.09. The Morgan fingerprint density at radius 3 is 2.54 bits per heavy atom. The highest BCUT2D eigenvalue weighted by molar-refractivity contribution is 5.03. The van der Waals surface area contributed by atoms with Crippen molar-refractivity contribution in [3.8, 4) is 0 Å². The number of rotatable bonds is 1. The van der Waals surface area contributed by atoms with Crippen molar-refractivity contribution in [1.82, 2.24) is 0 Å². The lowest BCUT2D eigenvalue weighted by molar-refractivity contribution is -0.0640. The van der Waals surface area contributed by atoms with Crippen LogP contribution in [0.25, 0.3) is 0 Å². The topological polar surface area (TPSA) is 0 Å². The summed E-state index contributed by atoms with van der Waals surface area (Å²) in [6.45, 7) is 9.88. The predicted molar refractivity (Wildman–Crippen MR) is 57.6 cm³/mol. The van der Waals surface area contributed by atoms with E-state index in [1.54, 1.807) is 0 Å². The molecule has 0 aliphatic heterocycles. The van der Waals surface area contributed by atoms with E-state index in [1.165, 1.54) is 25.7 Å². The molecule has 3 saturated carbocycles. The van der Waals surface area contributed by atoms with Gasteiger partial charge in [-0.3, -0.25) is 0 Å². The van der Waals surface area contributed by atoms with Crippen molar-refractivity contribution in [3.05, 3.63) is 0 Å². The fourth-order valence-corrected chi connectivity index (χ4v) is 3.92. The van der Waals surface area contributed by atoms with E-state index >= 15 is 0 Å². The standard InChI is InChI=1S/C13H24/c1-5-13(4)11-7-6-9(2)10(3)12(13)8-11/h9-12H,5-8H2,1-4H3. The molecule has 0 nitrogen and oxygen atoms in total. The minimum Gasteiger partial charge on any atom is -0.0648 e. The third kappa shape index (κ3) is 1.17. The Labute approximate surface area is 83.1 Å². The molecule has 76 valence electrons. The van der Waals surface area contributed by atoms with Gasteiger partial charge in [0.1, 0.15) is 0 Å². The van der Waals surface area contributed by atoms with Crippen molar-refractivity contribution in [3.63, 3.8) is 0 Å². The Morgan fingerprint density at radius 1 is 1.23 bits per heavy atom. The molecule has 0 saturated heterocycles. The molecule has 5 atom stereocenters. The van der Waals surface area contributed by atoms with E-state index in [2.05, 4.69) is 27.7 Å². The van der Waals surface area contributed by atoms with Gasteiger partial charge in [0.2, 0.25) is 0 Å². The van der Waals surface area contributed by atoms with Gasteiger partial charge in [0.05, 0.1) is 0 Å². The van der Waals surface area contributed by atoms with Crippen LogP contribution in [0.2, 0.25) is 0 Å². The Morgan fingerprint density at radius 2 is 1.92 bits per heavy atom. The van der Waals surface area contributed by atoms with Crippen LogP contribution in [0.4, 0.5) is 0 Å². The molecule has 0 radical (unpaired) electrons. The van der Waals surface area contributed by atoms with Gasteiger partial charge < -0.3 is 0 Å². The molecule has 0 aromatic rings. The molecular weight excluding hydrogens is 156 g/mol. The van der Waals surface area contributed by atoms with Gasteiger partial charge in [-0.1, -0.05) is 40.5 Å². The number of hydrogen-bond donors (Lipinski definition) is 0. The average Bonchev–Trinajstić information content (AvgIpc) is 2.31. The van der Waals surface area contributed by atoms with Crippen molar-refractivity contribution >= 4 is 0 Å². The van der Waals surface area contributed by atoms with Crippen molar-refractivity contribution in [2.75, 3.05) is 0 Å². The summed E-state index contributed by atoms with van der Waals surface area (Å²) >= 11 is 0. The van der Waals surface area contributed by atoms with Gasteiger partial charge in [0.25, 0.3) is 0 Å². The SMILES string of the molecule is CCC1(C)C2CCC(C)C(C)C1C2. The second kappa shape index (κ2) is 3.00. The molecule has 3 fully saturated rings. The molecule has 0 spiro atoms. The molecule has 0 heteroatoms. The maximum atomic E-state index is 2.54. The van der Waals surface area contributed by atoms with Crippen LogP contribution >= 0.6 is 0 Å². The van der Waals surface area contributed by atoms with Crippen LogP contribution in [0.5, 0.6) is 0 Å². The van der Waals surface area contributed by atoms with Crippen LogP contribution in [-0.4, -0.2) is 0 Å². The molecule has 0 aromatic heterocycles. The summed E-state index contributed by atoms with van der Waals surface area (Å²) in [4.78, 5) is 0. The van der Waals surface area contributed by atoms with Gasteiger partial charge in [-0.2, -0.15) is 0 Å². The van der Waals surface area contributed by atoms with Crippen LogP contribution in [0.15, 0.2) is 0 Å². The van der Waals surface area contributed by atoms with Crippen molar-refractivity contribution in [2.24, 2.45) is 29.1 Å². The molecule has 3 aliphatic carbocycles. The Hall–Kier alpha value is 0. The van der Waals surface area contributed by atoms with E-state index in [0.29, 0.717) is 5.41 Å². The summed E-state index contributed by atoms with van der Waals surface area (Å²) in [6.07, 6.45) is 5.93. The zero-order chi connectivity index (χ0) is 9.64. The van der Waals surface area contributed by atoms with Crippen LogP contribution in [-0.2, 0) is 0 Å². The zero-order valence-electron chi connectivity index (χ0n) is 9.64. The minimum atomic E-state index is 0.712. The lowest BCUT2D eigenvalue weighted by atomic mass is 9.50. The molecule has 2 bridgehead atoms. The van der Waals surface area contributed by atoms with E-state index in [9.17, 15) is 0 Å². The number of hydrogen-bond acceptors (Lipinski definition) is 0. The van der Waals surface area contributed by atoms with Gasteiger partial charge in [-0.15, -0.1) is 0 Å². The highest BCUT2D eigenvalue weighted by atomic mass is 14.6. The Balaban J connectivity index is 2.19. The fourth-order valence-electron chi connectivity index (χ4n) is 3.92. The first kappa shape index (κ1) is 9.55. The van der Waals surface area contributed by atoms with E-state index in [0.717, 1.165) is 23.7 Å². The largest absolute Gasteiger partial charge is 0.0648 e. The molecular formula is C13H24. The molecule has 0 aromatic carbocycles. The van der Waals surface area contributed by atoms with E-state index in [1.807, 2.05) is 0 Å². The molecule has 0 amide bonds. The lowest BCUT2D eigenvalue weighted by Gasteiger charge is -2.55. The predicted octanol–water partition coefficient (Wildman–Crippen LogP) is 4.10. The van der Waals surface area contributed by atoms with Gasteiger partial charge in [-0.05, 0) is 41.9 Å². The van der Waals surface area contributed by atoms with Crippen molar-refractivity contribution in [1.29, 1.82) is 0 Å². The van der Waals surface area contributed by atoms with Crippen molar-refractivity contribution < 1.29 is 0 Å². The molecule has 5 unspecified atom stereocenters. The average molecular weight is 180 g/mol. The van der Waals surface area contributed by atoms with Gasteiger partial charge >= 0.3 is 0 Å². The molecule has 13 heavy (non-hydrogen) atoms. The van der Waals surface area contributed by atoms with Crippen LogP contribution in [0.1, 0.15) is 53.4 Å². The normalized spacial score (nSPS) is 55.4. The van der Waals surface area contributed by atoms with Crippen molar-refractivity contribution in [2.45, 2.75) is 53.4 Å². The second-order valence-electron chi connectivity index (χ2n) is 5.81. The third-order valence-corrected chi connectivity index (χ3v) is 5.58. The summed E-state index contributed by atoms with van der Waals surface area (Å²) in [6, 6.07) is 0. The Bertz CT molecular complexity index is 194. The lowest BCUT2D eigenvalue weighted by Crippen LogP contribution is -2.48. The minimum absolute atomic E-state index is 0.712. The maximum Gasteiger partial charge on any atom is -0.0269 e. The summed E-state index contributed by atoms with van der Waals surface area (Å²) in [7, 11) is 0. The Kier molecular flexibility index (Phi) is 2.20. The van der Waals surface area contributed by atoms with E-state index < -0.39 is 0 Å². The fraction of sp³-hybridized carbons (Fsp3) is 1.00. The van der Waals surface area contributed by atoms with E-state index in [-0.39, 0.29) is 0 Å². The van der Waals surface area contributed by atoms with Crippen LogP contribution in [0, 0.1) is 29.1 Å². The second-order valence-corrected chi connectivity index (χ2v) is 5.81. The quantitative estimate of drug-likeness (QED) is 0.570. The highest BCUT2D eigenvalue weighted by Gasteiger charge is 2.54. The van der Waals surface area contributed by atoms with Crippen LogP contribution in [0.3, 0.4) is 0 Å². The molecule has 0 heterocycles. The van der Waals surface area contributed by atoms with Gasteiger partial charge in [0, 0.05) is 0 Å². The third-order valence-electron chi connectivity index (χ3n) is 5.58. The molecule has 0 N–H and O–H groups in total. The zero-order valence-corrected chi connectivity index (χ0v) is 9.64. The summed E-state index contributed by atoms with van der Waals surface area (Å²) in [5.74, 6) is 4.06. The monoisotopic (exact) mass is 180 g/mol. The summed E-state index contributed by atoms with van der Waals surface area (Å²) in [5.41, 5.74) is 0.712. The number of fused-ring (bicyclic) bond motifs is 3. The smallest absolute Gasteiger partial charge is 0.0269 e. The van der Waals surface area contributed by atoms with Gasteiger partial charge in [0.15, 0.2) is 0 Å². The first-order valence-electron chi connectivity index (χ1n) is 6.09. The highest BCUT2D eigenvalue weighted by Crippen LogP contribution is 2.62. The van der Waals surface area contributed by atoms with Crippen LogP contribution < -0.4 is 0 Å². The summed E-state index contributed by atoms with van der Waals surface area (Å²) < 4.78 is 0. The first-order chi connectivity index (χ1) is 6.09. The molecule has 3 rings (SSSR count). The summed E-state index contributed by atoms with van der Waals surface area (Å²) in [5, 5.41) is 0.